The zero-order chi connectivity index (χ0) is 13.4. The molecule has 0 saturated carbocycles. The second-order valence-corrected chi connectivity index (χ2v) is 3.85. The molecule has 0 saturated heterocycles. The number of nitrogens with zero attached hydrogens (tertiary/aromatic N) is 1. The summed E-state index contributed by atoms with van der Waals surface area (Å²) >= 11 is 0. The predicted octanol–water partition coefficient (Wildman–Crippen LogP) is -0.929. The first-order valence-electron chi connectivity index (χ1n) is 5.52. The van der Waals surface area contributed by atoms with Gasteiger partial charge in [-0.3, -0.25) is 0 Å². The standard InChI is InChI=1S/C10H21N3O4/c1-4-13(3)6-5-11-10(17)12-8(7(2)14)9(15)16/h7-8,14H,4-6H2,1-3H3,(H,15,16)(H2,11,12,17). The molecule has 0 aromatic heterocycles. The average molecular weight is 247 g/mol. The first kappa shape index (κ1) is 15.7. The van der Waals surface area contributed by atoms with E-state index in [0.29, 0.717) is 13.1 Å². The van der Waals surface area contributed by atoms with E-state index in [-0.39, 0.29) is 0 Å². The van der Waals surface area contributed by atoms with Gasteiger partial charge in [-0.25, -0.2) is 9.59 Å². The minimum Gasteiger partial charge on any atom is -0.480 e. The topological polar surface area (TPSA) is 102 Å². The van der Waals surface area contributed by atoms with E-state index in [1.165, 1.54) is 6.92 Å². The van der Waals surface area contributed by atoms with Gasteiger partial charge in [0.1, 0.15) is 0 Å². The lowest BCUT2D eigenvalue weighted by atomic mass is 10.2. The molecular weight excluding hydrogens is 226 g/mol. The van der Waals surface area contributed by atoms with Crippen molar-refractivity contribution < 1.29 is 19.8 Å². The lowest BCUT2D eigenvalue weighted by Crippen LogP contribution is -2.51. The van der Waals surface area contributed by atoms with Gasteiger partial charge in [-0.2, -0.15) is 0 Å². The number of carbonyl (C=O) groups excluding carboxylic acids is 1. The molecule has 0 aromatic carbocycles. The number of nitrogens with one attached hydrogen (secondary N) is 2. The van der Waals surface area contributed by atoms with Gasteiger partial charge in [-0.05, 0) is 20.5 Å². The van der Waals surface area contributed by atoms with Gasteiger partial charge in [0.25, 0.3) is 0 Å². The first-order valence-corrected chi connectivity index (χ1v) is 5.52. The molecule has 0 rings (SSSR count). The number of carbonyl (C=O) groups is 2. The predicted molar refractivity (Wildman–Crippen MR) is 62.8 cm³/mol. The fourth-order valence-electron chi connectivity index (χ4n) is 1.10. The number of hydrogen-bond donors (Lipinski definition) is 4. The number of aliphatic carboxylic acids is 1. The molecule has 0 fully saturated rings. The first-order chi connectivity index (χ1) is 7.88. The van der Waals surface area contributed by atoms with Crippen LogP contribution in [0, 0.1) is 0 Å². The molecule has 0 spiro atoms. The van der Waals surface area contributed by atoms with Crippen molar-refractivity contribution in [2.24, 2.45) is 0 Å². The molecular formula is C10H21N3O4. The SMILES string of the molecule is CCN(C)CCNC(=O)NC(C(=O)O)C(C)O. The second kappa shape index (κ2) is 7.86. The van der Waals surface area contributed by atoms with Crippen LogP contribution in [-0.2, 0) is 4.79 Å². The van der Waals surface area contributed by atoms with Gasteiger partial charge < -0.3 is 25.7 Å². The lowest BCUT2D eigenvalue weighted by molar-refractivity contribution is -0.141. The Morgan fingerprint density at radius 1 is 1.41 bits per heavy atom. The molecule has 0 radical (unpaired) electrons. The molecule has 2 unspecified atom stereocenters. The van der Waals surface area contributed by atoms with E-state index >= 15 is 0 Å². The maximum absolute atomic E-state index is 11.3. The molecule has 0 aliphatic rings. The molecule has 0 aliphatic carbocycles. The van der Waals surface area contributed by atoms with E-state index in [4.69, 9.17) is 10.2 Å². The van der Waals surface area contributed by atoms with Crippen molar-refractivity contribution in [2.45, 2.75) is 26.0 Å². The van der Waals surface area contributed by atoms with E-state index in [2.05, 4.69) is 10.6 Å². The Bertz CT molecular complexity index is 258. The molecule has 0 bridgehead atoms. The maximum Gasteiger partial charge on any atom is 0.328 e. The highest BCUT2D eigenvalue weighted by molar-refractivity contribution is 5.82. The van der Waals surface area contributed by atoms with Crippen molar-refractivity contribution >= 4 is 12.0 Å². The highest BCUT2D eigenvalue weighted by Gasteiger charge is 2.24. The summed E-state index contributed by atoms with van der Waals surface area (Å²) in [4.78, 5) is 24.0. The molecule has 0 aliphatic heterocycles. The van der Waals surface area contributed by atoms with Gasteiger partial charge >= 0.3 is 12.0 Å². The third-order valence-electron chi connectivity index (χ3n) is 2.35. The van der Waals surface area contributed by atoms with Crippen LogP contribution >= 0.6 is 0 Å². The van der Waals surface area contributed by atoms with Crippen LogP contribution < -0.4 is 10.6 Å². The number of hydrogen-bond acceptors (Lipinski definition) is 4. The maximum atomic E-state index is 11.3. The van der Waals surface area contributed by atoms with Crippen LogP contribution in [0.4, 0.5) is 4.79 Å². The van der Waals surface area contributed by atoms with Crippen LogP contribution in [0.25, 0.3) is 0 Å². The monoisotopic (exact) mass is 247 g/mol. The Morgan fingerprint density at radius 2 is 2.00 bits per heavy atom. The summed E-state index contributed by atoms with van der Waals surface area (Å²) < 4.78 is 0. The fraction of sp³-hybridized carbons (Fsp3) is 0.800. The van der Waals surface area contributed by atoms with Crippen molar-refractivity contribution in [1.29, 1.82) is 0 Å². The van der Waals surface area contributed by atoms with E-state index in [1.807, 2.05) is 18.9 Å². The minimum atomic E-state index is -1.29. The summed E-state index contributed by atoms with van der Waals surface area (Å²) in [6.07, 6.45) is -1.14. The third kappa shape index (κ3) is 6.75. The van der Waals surface area contributed by atoms with Gasteiger partial charge in [-0.15, -0.1) is 0 Å². The van der Waals surface area contributed by atoms with Crippen molar-refractivity contribution in [3.8, 4) is 0 Å². The summed E-state index contributed by atoms with van der Waals surface area (Å²) in [5.41, 5.74) is 0. The Labute approximate surface area is 101 Å². The summed E-state index contributed by atoms with van der Waals surface area (Å²) in [7, 11) is 1.91. The van der Waals surface area contributed by atoms with E-state index < -0.39 is 24.1 Å². The number of carboxylic acid groups (broad SMARTS) is 1. The van der Waals surface area contributed by atoms with Crippen LogP contribution in [0.1, 0.15) is 13.8 Å². The normalized spacial score (nSPS) is 14.2. The summed E-state index contributed by atoms with van der Waals surface area (Å²) in [5, 5.41) is 22.6. The molecule has 0 heterocycles. The smallest absolute Gasteiger partial charge is 0.328 e. The van der Waals surface area contributed by atoms with Crippen LogP contribution in [0.2, 0.25) is 0 Å². The minimum absolute atomic E-state index is 0.419. The van der Waals surface area contributed by atoms with Crippen molar-refractivity contribution in [2.75, 3.05) is 26.7 Å². The van der Waals surface area contributed by atoms with Crippen LogP contribution in [0.3, 0.4) is 0 Å². The molecule has 7 nitrogen and oxygen atoms in total. The molecule has 100 valence electrons. The van der Waals surface area contributed by atoms with Crippen molar-refractivity contribution in [3.05, 3.63) is 0 Å². The van der Waals surface area contributed by atoms with Gasteiger partial charge in [0.05, 0.1) is 6.10 Å². The molecule has 17 heavy (non-hydrogen) atoms. The van der Waals surface area contributed by atoms with Crippen molar-refractivity contribution in [3.63, 3.8) is 0 Å². The third-order valence-corrected chi connectivity index (χ3v) is 2.35. The molecule has 0 aromatic rings. The fourth-order valence-corrected chi connectivity index (χ4v) is 1.10. The van der Waals surface area contributed by atoms with E-state index in [0.717, 1.165) is 6.54 Å². The van der Waals surface area contributed by atoms with Crippen LogP contribution in [-0.4, -0.2) is 65.9 Å². The largest absolute Gasteiger partial charge is 0.480 e. The number of amides is 2. The number of likely N-dealkylation sites (N-methyl/N-ethyl adjacent to an activating group) is 1. The van der Waals surface area contributed by atoms with Gasteiger partial charge in [-0.1, -0.05) is 6.92 Å². The molecule has 4 N–H and O–H groups in total. The van der Waals surface area contributed by atoms with Crippen LogP contribution in [0.5, 0.6) is 0 Å². The van der Waals surface area contributed by atoms with Gasteiger partial charge in [0, 0.05) is 13.1 Å². The number of urea groups is 1. The number of carboxylic acids is 1. The number of aliphatic hydroxyl groups excluding tert-OH is 1. The highest BCUT2D eigenvalue weighted by Crippen LogP contribution is 1.92. The number of aliphatic hydroxyl groups is 1. The Balaban J connectivity index is 3.95. The average Bonchev–Trinajstić information content (AvgIpc) is 2.24. The molecule has 2 atom stereocenters. The lowest BCUT2D eigenvalue weighted by Gasteiger charge is -2.18. The zero-order valence-corrected chi connectivity index (χ0v) is 10.4. The highest BCUT2D eigenvalue weighted by atomic mass is 16.4. The molecule has 7 heteroatoms. The van der Waals surface area contributed by atoms with Gasteiger partial charge in [0.2, 0.25) is 0 Å². The Morgan fingerprint density at radius 3 is 2.41 bits per heavy atom. The quantitative estimate of drug-likeness (QED) is 0.465. The Hall–Kier alpha value is -1.34. The van der Waals surface area contributed by atoms with E-state index in [1.54, 1.807) is 0 Å². The summed E-state index contributed by atoms with van der Waals surface area (Å²) in [6, 6.07) is -1.89. The van der Waals surface area contributed by atoms with E-state index in [9.17, 15) is 9.59 Å². The molecule has 2 amide bonds. The summed E-state index contributed by atoms with van der Waals surface area (Å²) in [6.45, 7) is 5.27. The summed E-state index contributed by atoms with van der Waals surface area (Å²) in [5.74, 6) is -1.26. The van der Waals surface area contributed by atoms with Crippen molar-refractivity contribution in [1.82, 2.24) is 15.5 Å². The Kier molecular flexibility index (Phi) is 7.24. The van der Waals surface area contributed by atoms with Gasteiger partial charge in [0.15, 0.2) is 6.04 Å². The van der Waals surface area contributed by atoms with Crippen LogP contribution in [0.15, 0.2) is 0 Å². The zero-order valence-electron chi connectivity index (χ0n) is 10.4. The second-order valence-electron chi connectivity index (χ2n) is 3.85. The number of rotatable bonds is 7.